The zero-order valence-electron chi connectivity index (χ0n) is 23.4. The fourth-order valence-corrected chi connectivity index (χ4v) is 8.45. The Labute approximate surface area is 250 Å². The van der Waals surface area contributed by atoms with Crippen molar-refractivity contribution in [3.05, 3.63) is 57.6 Å². The highest BCUT2D eigenvalue weighted by Crippen LogP contribution is 2.64. The summed E-state index contributed by atoms with van der Waals surface area (Å²) in [6.07, 6.45) is 7.56. The maximum atomic E-state index is 16.0. The highest BCUT2D eigenvalue weighted by molar-refractivity contribution is 6.31. The van der Waals surface area contributed by atoms with Gasteiger partial charge in [0.2, 0.25) is 11.8 Å². The summed E-state index contributed by atoms with van der Waals surface area (Å²) in [5.74, 6) is -1.88. The van der Waals surface area contributed by atoms with Crippen LogP contribution < -0.4 is 16.0 Å². The molecule has 1 aromatic carbocycles. The van der Waals surface area contributed by atoms with Gasteiger partial charge in [-0.3, -0.25) is 14.9 Å². The van der Waals surface area contributed by atoms with E-state index in [1.165, 1.54) is 6.20 Å². The fraction of sp³-hybridized carbons (Fsp3) is 0.581. The molecule has 2 aliphatic carbocycles. The van der Waals surface area contributed by atoms with E-state index in [4.69, 9.17) is 23.2 Å². The molecule has 2 saturated carbocycles. The molecule has 6 rings (SSSR count). The highest BCUT2D eigenvalue weighted by atomic mass is 35.5. The second kappa shape index (κ2) is 10.5. The van der Waals surface area contributed by atoms with Gasteiger partial charge < -0.3 is 15.7 Å². The summed E-state index contributed by atoms with van der Waals surface area (Å²) in [6, 6.07) is 5.93. The van der Waals surface area contributed by atoms with E-state index in [-0.39, 0.29) is 46.5 Å². The molecule has 2 aliphatic heterocycles. The van der Waals surface area contributed by atoms with Crippen molar-refractivity contribution in [2.45, 2.75) is 94.2 Å². The average Bonchev–Trinajstić information content (AvgIpc) is 3.40. The SMILES string of the molecule is CC1(C)CCC2(CC1)N[C@@H](C(=O)N[C@H]1CC[C@@H](CO)CC1)[C@H](c1ccnc(Cl)c1F)[C@]21C(=O)Nc2cc(Cl)ccc21. The minimum atomic E-state index is -1.29. The number of nitrogens with zero attached hydrogens (tertiary/aromatic N) is 1. The summed E-state index contributed by atoms with van der Waals surface area (Å²) in [6.45, 7) is 4.59. The third kappa shape index (κ3) is 4.57. The smallest absolute Gasteiger partial charge is 0.238 e. The molecule has 1 aromatic heterocycles. The van der Waals surface area contributed by atoms with E-state index >= 15 is 4.39 Å². The zero-order valence-corrected chi connectivity index (χ0v) is 24.9. The third-order valence-electron chi connectivity index (χ3n) is 10.4. The first kappa shape index (κ1) is 28.8. The minimum Gasteiger partial charge on any atom is -0.396 e. The lowest BCUT2D eigenvalue weighted by Crippen LogP contribution is -2.61. The number of aromatic nitrogens is 1. The molecule has 7 nitrogen and oxygen atoms in total. The van der Waals surface area contributed by atoms with Crippen LogP contribution in [0.4, 0.5) is 10.1 Å². The van der Waals surface area contributed by atoms with Gasteiger partial charge in [-0.25, -0.2) is 9.37 Å². The van der Waals surface area contributed by atoms with Gasteiger partial charge in [-0.05, 0) is 92.0 Å². The van der Waals surface area contributed by atoms with Crippen molar-refractivity contribution < 1.29 is 19.1 Å². The van der Waals surface area contributed by atoms with E-state index in [9.17, 15) is 14.7 Å². The van der Waals surface area contributed by atoms with Crippen molar-refractivity contribution in [1.29, 1.82) is 0 Å². The summed E-state index contributed by atoms with van der Waals surface area (Å²) in [5.41, 5.74) is -0.530. The van der Waals surface area contributed by atoms with E-state index in [2.05, 4.69) is 34.8 Å². The number of nitrogens with one attached hydrogen (secondary N) is 3. The standard InChI is InChI=1S/C31H37Cl2FN4O3/c1-29(2)10-12-30(13-11-29)31(21-8-5-18(32)15-22(21)37-28(31)41)23(20-9-14-35-26(33)24(20)34)25(38-30)27(40)36-19-6-3-17(16-39)4-7-19/h5,8-9,14-15,17,19,23,25,38-39H,3-4,6-7,10-13,16H2,1-2H3,(H,36,40)(H,37,41)/t17-,19+,23-,25+,31+/m0/s1. The van der Waals surface area contributed by atoms with E-state index in [1.807, 2.05) is 6.07 Å². The van der Waals surface area contributed by atoms with Gasteiger partial charge in [0.15, 0.2) is 11.0 Å². The Morgan fingerprint density at radius 2 is 1.83 bits per heavy atom. The van der Waals surface area contributed by atoms with Gasteiger partial charge in [-0.1, -0.05) is 43.1 Å². The van der Waals surface area contributed by atoms with Crippen LogP contribution in [0, 0.1) is 17.2 Å². The van der Waals surface area contributed by atoms with Crippen LogP contribution in [0.15, 0.2) is 30.5 Å². The number of aliphatic hydroxyl groups is 1. The van der Waals surface area contributed by atoms with E-state index < -0.39 is 28.7 Å². The number of anilines is 1. The molecule has 0 unspecified atom stereocenters. The number of aliphatic hydroxyl groups excluding tert-OH is 1. The topological polar surface area (TPSA) is 103 Å². The van der Waals surface area contributed by atoms with Crippen molar-refractivity contribution in [2.75, 3.05) is 11.9 Å². The largest absolute Gasteiger partial charge is 0.396 e. The Hall–Kier alpha value is -2.26. The Morgan fingerprint density at radius 1 is 1.12 bits per heavy atom. The van der Waals surface area contributed by atoms with Crippen molar-refractivity contribution in [3.63, 3.8) is 0 Å². The van der Waals surface area contributed by atoms with Crippen LogP contribution in [-0.4, -0.2) is 46.1 Å². The molecular formula is C31H37Cl2FN4O3. The third-order valence-corrected chi connectivity index (χ3v) is 10.9. The number of halogens is 3. The lowest BCUT2D eigenvalue weighted by Gasteiger charge is -2.50. The molecule has 41 heavy (non-hydrogen) atoms. The molecule has 10 heteroatoms. The second-order valence-corrected chi connectivity index (χ2v) is 14.0. The molecule has 2 spiro atoms. The summed E-state index contributed by atoms with van der Waals surface area (Å²) in [5, 5.41) is 19.7. The number of amides is 2. The van der Waals surface area contributed by atoms with Gasteiger partial charge in [0.05, 0.1) is 6.04 Å². The number of carbonyl (C=O) groups is 2. The number of carbonyl (C=O) groups excluding carboxylic acids is 2. The maximum Gasteiger partial charge on any atom is 0.238 e. The minimum absolute atomic E-state index is 0.0556. The Morgan fingerprint density at radius 3 is 2.51 bits per heavy atom. The maximum absolute atomic E-state index is 16.0. The number of hydrogen-bond acceptors (Lipinski definition) is 5. The normalized spacial score (nSPS) is 31.7. The van der Waals surface area contributed by atoms with Crippen LogP contribution in [-0.2, 0) is 15.0 Å². The summed E-state index contributed by atoms with van der Waals surface area (Å²) >= 11 is 12.6. The number of benzene rings is 1. The lowest BCUT2D eigenvalue weighted by molar-refractivity contribution is -0.125. The fourth-order valence-electron chi connectivity index (χ4n) is 8.11. The molecule has 4 aliphatic rings. The van der Waals surface area contributed by atoms with E-state index in [1.54, 1.807) is 18.2 Å². The Kier molecular flexibility index (Phi) is 7.37. The number of pyridine rings is 1. The summed E-state index contributed by atoms with van der Waals surface area (Å²) in [4.78, 5) is 32.7. The summed E-state index contributed by atoms with van der Waals surface area (Å²) in [7, 11) is 0. The molecule has 0 radical (unpaired) electrons. The predicted molar refractivity (Wildman–Crippen MR) is 157 cm³/mol. The average molecular weight is 604 g/mol. The molecule has 2 aromatic rings. The van der Waals surface area contributed by atoms with Crippen molar-refractivity contribution in [2.24, 2.45) is 11.3 Å². The Balaban J connectivity index is 1.51. The van der Waals surface area contributed by atoms with Gasteiger partial charge in [-0.15, -0.1) is 0 Å². The molecule has 3 heterocycles. The second-order valence-electron chi connectivity index (χ2n) is 13.2. The molecule has 1 saturated heterocycles. The van der Waals surface area contributed by atoms with Crippen LogP contribution >= 0.6 is 23.2 Å². The van der Waals surface area contributed by atoms with Crippen molar-refractivity contribution in [3.8, 4) is 0 Å². The van der Waals surface area contributed by atoms with Crippen LogP contribution in [0.1, 0.15) is 82.3 Å². The van der Waals surface area contributed by atoms with Gasteiger partial charge in [0.25, 0.3) is 0 Å². The monoisotopic (exact) mass is 602 g/mol. The lowest BCUT2D eigenvalue weighted by atomic mass is 9.53. The van der Waals surface area contributed by atoms with E-state index in [0.717, 1.165) is 44.1 Å². The first-order valence-corrected chi connectivity index (χ1v) is 15.4. The van der Waals surface area contributed by atoms with E-state index in [0.29, 0.717) is 23.6 Å². The van der Waals surface area contributed by atoms with Crippen LogP contribution in [0.25, 0.3) is 0 Å². The van der Waals surface area contributed by atoms with Gasteiger partial charge in [0.1, 0.15) is 5.41 Å². The summed E-state index contributed by atoms with van der Waals surface area (Å²) < 4.78 is 16.0. The first-order valence-electron chi connectivity index (χ1n) is 14.6. The van der Waals surface area contributed by atoms with Gasteiger partial charge in [0, 0.05) is 41.0 Å². The molecule has 3 fully saturated rings. The highest BCUT2D eigenvalue weighted by Gasteiger charge is 2.73. The zero-order chi connectivity index (χ0) is 29.2. The number of rotatable bonds is 4. The number of hydrogen-bond donors (Lipinski definition) is 4. The first-order chi connectivity index (χ1) is 19.5. The van der Waals surface area contributed by atoms with Crippen molar-refractivity contribution in [1.82, 2.24) is 15.6 Å². The van der Waals surface area contributed by atoms with Crippen LogP contribution in [0.5, 0.6) is 0 Å². The van der Waals surface area contributed by atoms with Gasteiger partial charge in [-0.2, -0.15) is 0 Å². The molecular weight excluding hydrogens is 566 g/mol. The quantitative estimate of drug-likeness (QED) is 0.347. The Bertz CT molecular complexity index is 1370. The van der Waals surface area contributed by atoms with Gasteiger partial charge >= 0.3 is 0 Å². The van der Waals surface area contributed by atoms with Crippen molar-refractivity contribution >= 4 is 40.7 Å². The molecule has 3 atom stereocenters. The number of fused-ring (bicyclic) bond motifs is 3. The van der Waals surface area contributed by atoms with Crippen LogP contribution in [0.2, 0.25) is 10.2 Å². The molecule has 2 amide bonds. The molecule has 4 N–H and O–H groups in total. The molecule has 220 valence electrons. The van der Waals surface area contributed by atoms with Crippen LogP contribution in [0.3, 0.4) is 0 Å². The molecule has 0 bridgehead atoms. The predicted octanol–water partition coefficient (Wildman–Crippen LogP) is 5.48.